The van der Waals surface area contributed by atoms with Crippen LogP contribution in [0.15, 0.2) is 40.9 Å². The maximum atomic E-state index is 13.7. The van der Waals surface area contributed by atoms with E-state index in [-0.39, 0.29) is 12.5 Å². The Balaban J connectivity index is 1.93. The van der Waals surface area contributed by atoms with Gasteiger partial charge in [-0.05, 0) is 53.5 Å². The van der Waals surface area contributed by atoms with Crippen LogP contribution in [0, 0.1) is 18.6 Å². The Morgan fingerprint density at radius 1 is 1.22 bits per heavy atom. The molecule has 0 aromatic heterocycles. The third kappa shape index (κ3) is 4.84. The number of aryl methyl sites for hydroxylation is 1. The fourth-order valence-corrected chi connectivity index (χ4v) is 2.72. The minimum Gasteiger partial charge on any atom is -0.324 e. The van der Waals surface area contributed by atoms with Gasteiger partial charge in [0.2, 0.25) is 5.91 Å². The minimum absolute atomic E-state index is 0.0122. The second-order valence-electron chi connectivity index (χ2n) is 5.30. The highest BCUT2D eigenvalue weighted by Gasteiger charge is 2.13. The van der Waals surface area contributed by atoms with Gasteiger partial charge < -0.3 is 10.6 Å². The van der Waals surface area contributed by atoms with Crippen molar-refractivity contribution in [2.24, 2.45) is 0 Å². The number of carbonyl (C=O) groups is 1. The zero-order valence-electron chi connectivity index (χ0n) is 12.8. The van der Waals surface area contributed by atoms with Gasteiger partial charge in [-0.3, -0.25) is 4.79 Å². The van der Waals surface area contributed by atoms with Gasteiger partial charge in [0, 0.05) is 22.1 Å². The SMILES string of the molecule is Cc1ccc(NC(=O)CN[C@@H](C)c2ccc(F)cc2F)c(Br)c1. The Morgan fingerprint density at radius 2 is 1.96 bits per heavy atom. The van der Waals surface area contributed by atoms with Crippen LogP contribution in [0.5, 0.6) is 0 Å². The lowest BCUT2D eigenvalue weighted by Crippen LogP contribution is -2.30. The highest BCUT2D eigenvalue weighted by molar-refractivity contribution is 9.10. The molecule has 0 aliphatic carbocycles. The monoisotopic (exact) mass is 382 g/mol. The number of amides is 1. The van der Waals surface area contributed by atoms with Gasteiger partial charge in [-0.2, -0.15) is 0 Å². The molecule has 0 unspecified atom stereocenters. The average Bonchev–Trinajstić information content (AvgIpc) is 2.48. The topological polar surface area (TPSA) is 41.1 Å². The summed E-state index contributed by atoms with van der Waals surface area (Å²) in [4.78, 5) is 12.0. The zero-order valence-corrected chi connectivity index (χ0v) is 14.4. The van der Waals surface area contributed by atoms with Crippen molar-refractivity contribution in [1.29, 1.82) is 0 Å². The molecule has 1 atom stereocenters. The van der Waals surface area contributed by atoms with Crippen LogP contribution < -0.4 is 10.6 Å². The molecule has 23 heavy (non-hydrogen) atoms. The van der Waals surface area contributed by atoms with Gasteiger partial charge in [-0.25, -0.2) is 8.78 Å². The fraction of sp³-hybridized carbons (Fsp3) is 0.235. The molecule has 1 amide bonds. The summed E-state index contributed by atoms with van der Waals surface area (Å²) in [5.74, 6) is -1.50. The second kappa shape index (κ2) is 7.66. The van der Waals surface area contributed by atoms with Gasteiger partial charge in [-0.1, -0.05) is 12.1 Å². The van der Waals surface area contributed by atoms with Crippen LogP contribution in [0.1, 0.15) is 24.1 Å². The molecule has 0 heterocycles. The lowest BCUT2D eigenvalue weighted by molar-refractivity contribution is -0.115. The summed E-state index contributed by atoms with van der Waals surface area (Å²) in [6, 6.07) is 8.58. The highest BCUT2D eigenvalue weighted by Crippen LogP contribution is 2.23. The molecule has 2 aromatic carbocycles. The first-order valence-electron chi connectivity index (χ1n) is 7.11. The number of hydrogen-bond donors (Lipinski definition) is 2. The lowest BCUT2D eigenvalue weighted by Gasteiger charge is -2.15. The lowest BCUT2D eigenvalue weighted by atomic mass is 10.1. The number of carbonyl (C=O) groups excluding carboxylic acids is 1. The van der Waals surface area contributed by atoms with Crippen LogP contribution in [0.25, 0.3) is 0 Å². The molecule has 2 N–H and O–H groups in total. The van der Waals surface area contributed by atoms with Crippen LogP contribution in [0.2, 0.25) is 0 Å². The normalized spacial score (nSPS) is 12.0. The van der Waals surface area contributed by atoms with E-state index < -0.39 is 17.7 Å². The smallest absolute Gasteiger partial charge is 0.238 e. The summed E-state index contributed by atoms with van der Waals surface area (Å²) in [7, 11) is 0. The van der Waals surface area contributed by atoms with Crippen LogP contribution in [0.4, 0.5) is 14.5 Å². The van der Waals surface area contributed by atoms with E-state index in [9.17, 15) is 13.6 Å². The Morgan fingerprint density at radius 3 is 2.61 bits per heavy atom. The van der Waals surface area contributed by atoms with Crippen molar-refractivity contribution in [3.8, 4) is 0 Å². The van der Waals surface area contributed by atoms with E-state index in [1.165, 1.54) is 12.1 Å². The highest BCUT2D eigenvalue weighted by atomic mass is 79.9. The van der Waals surface area contributed by atoms with Crippen molar-refractivity contribution >= 4 is 27.5 Å². The first-order valence-corrected chi connectivity index (χ1v) is 7.90. The van der Waals surface area contributed by atoms with E-state index in [1.807, 2.05) is 19.1 Å². The summed E-state index contributed by atoms with van der Waals surface area (Å²) in [6.07, 6.45) is 0. The van der Waals surface area contributed by atoms with Crippen molar-refractivity contribution in [3.05, 3.63) is 63.6 Å². The molecule has 0 fully saturated rings. The molecule has 0 radical (unpaired) electrons. The third-order valence-electron chi connectivity index (χ3n) is 3.40. The van der Waals surface area contributed by atoms with E-state index in [0.29, 0.717) is 11.3 Å². The first kappa shape index (κ1) is 17.6. The molecule has 0 aliphatic heterocycles. The van der Waals surface area contributed by atoms with Crippen molar-refractivity contribution in [2.75, 3.05) is 11.9 Å². The van der Waals surface area contributed by atoms with Gasteiger partial charge in [0.15, 0.2) is 0 Å². The average molecular weight is 383 g/mol. The van der Waals surface area contributed by atoms with E-state index in [2.05, 4.69) is 26.6 Å². The predicted molar refractivity (Wildman–Crippen MR) is 90.3 cm³/mol. The third-order valence-corrected chi connectivity index (χ3v) is 4.05. The zero-order chi connectivity index (χ0) is 17.0. The number of benzene rings is 2. The Labute approximate surface area is 142 Å². The Bertz CT molecular complexity index is 722. The van der Waals surface area contributed by atoms with Crippen molar-refractivity contribution in [3.63, 3.8) is 0 Å². The summed E-state index contributed by atoms with van der Waals surface area (Å²) in [5, 5.41) is 5.69. The van der Waals surface area contributed by atoms with Gasteiger partial charge in [-0.15, -0.1) is 0 Å². The minimum atomic E-state index is -0.633. The van der Waals surface area contributed by atoms with Crippen LogP contribution in [-0.4, -0.2) is 12.5 Å². The van der Waals surface area contributed by atoms with Crippen molar-refractivity contribution in [2.45, 2.75) is 19.9 Å². The quantitative estimate of drug-likeness (QED) is 0.807. The Kier molecular flexibility index (Phi) is 5.85. The predicted octanol–water partition coefficient (Wildman–Crippen LogP) is 4.33. The van der Waals surface area contributed by atoms with E-state index in [4.69, 9.17) is 0 Å². The molecule has 6 heteroatoms. The number of halogens is 3. The van der Waals surface area contributed by atoms with Crippen LogP contribution in [-0.2, 0) is 4.79 Å². The van der Waals surface area contributed by atoms with E-state index >= 15 is 0 Å². The number of nitrogens with one attached hydrogen (secondary N) is 2. The number of hydrogen-bond acceptors (Lipinski definition) is 2. The molecule has 2 aromatic rings. The largest absolute Gasteiger partial charge is 0.324 e. The standard InChI is InChI=1S/C17H17BrF2N2O/c1-10-3-6-16(14(18)7-10)22-17(23)9-21-11(2)13-5-4-12(19)8-15(13)20/h3-8,11,21H,9H2,1-2H3,(H,22,23)/t11-/m0/s1. The van der Waals surface area contributed by atoms with Gasteiger partial charge >= 0.3 is 0 Å². The van der Waals surface area contributed by atoms with Crippen LogP contribution >= 0.6 is 15.9 Å². The van der Waals surface area contributed by atoms with Crippen LogP contribution in [0.3, 0.4) is 0 Å². The molecule has 0 aliphatic rings. The molecule has 122 valence electrons. The molecular weight excluding hydrogens is 366 g/mol. The van der Waals surface area contributed by atoms with E-state index in [1.54, 1.807) is 13.0 Å². The number of rotatable bonds is 5. The molecule has 0 saturated carbocycles. The summed E-state index contributed by atoms with van der Waals surface area (Å²) >= 11 is 3.39. The molecule has 0 bridgehead atoms. The summed E-state index contributed by atoms with van der Waals surface area (Å²) in [6.45, 7) is 3.68. The first-order chi connectivity index (χ1) is 10.9. The second-order valence-corrected chi connectivity index (χ2v) is 6.15. The molecule has 3 nitrogen and oxygen atoms in total. The summed E-state index contributed by atoms with van der Waals surface area (Å²) < 4.78 is 27.4. The molecule has 0 saturated heterocycles. The van der Waals surface area contributed by atoms with E-state index in [0.717, 1.165) is 16.1 Å². The van der Waals surface area contributed by atoms with Gasteiger partial charge in [0.05, 0.1) is 12.2 Å². The maximum absolute atomic E-state index is 13.7. The molecule has 2 rings (SSSR count). The van der Waals surface area contributed by atoms with Crippen molar-refractivity contribution < 1.29 is 13.6 Å². The van der Waals surface area contributed by atoms with Crippen molar-refractivity contribution in [1.82, 2.24) is 5.32 Å². The Hall–Kier alpha value is -1.79. The van der Waals surface area contributed by atoms with Gasteiger partial charge in [0.25, 0.3) is 0 Å². The maximum Gasteiger partial charge on any atom is 0.238 e. The molecule has 0 spiro atoms. The van der Waals surface area contributed by atoms with Gasteiger partial charge in [0.1, 0.15) is 11.6 Å². The number of anilines is 1. The molecular formula is C17H17BrF2N2O. The fourth-order valence-electron chi connectivity index (χ4n) is 2.12. The summed E-state index contributed by atoms with van der Waals surface area (Å²) in [5.41, 5.74) is 2.06.